The van der Waals surface area contributed by atoms with E-state index in [0.717, 1.165) is 5.56 Å². The molecule has 1 saturated heterocycles. The summed E-state index contributed by atoms with van der Waals surface area (Å²) in [6, 6.07) is 13.4. The molecule has 1 aliphatic heterocycles. The lowest BCUT2D eigenvalue weighted by Gasteiger charge is -2.30. The van der Waals surface area contributed by atoms with Gasteiger partial charge in [-0.15, -0.1) is 0 Å². The monoisotopic (exact) mass is 480 g/mol. The molecule has 3 N–H and O–H groups in total. The van der Waals surface area contributed by atoms with E-state index in [0.29, 0.717) is 29.4 Å². The van der Waals surface area contributed by atoms with Crippen molar-refractivity contribution in [3.8, 4) is 5.75 Å². The van der Waals surface area contributed by atoms with Crippen LogP contribution in [-0.4, -0.2) is 51.9 Å². The van der Waals surface area contributed by atoms with Gasteiger partial charge in [-0.1, -0.05) is 23.7 Å². The second-order valence-electron chi connectivity index (χ2n) is 7.81. The Labute approximate surface area is 194 Å². The van der Waals surface area contributed by atoms with Crippen LogP contribution in [0.25, 0.3) is 0 Å². The van der Waals surface area contributed by atoms with Gasteiger partial charge in [0.25, 0.3) is 0 Å². The maximum absolute atomic E-state index is 13.6. The number of halogens is 1. The van der Waals surface area contributed by atoms with Crippen LogP contribution in [0.1, 0.15) is 19.4 Å². The number of carbonyl (C=O) groups is 1. The SMILES string of the molecule is COc1ccc(N(CC(=O)NCCc2ccc(Cl)cc2)S(=O)(=O)C2C(C)NNC2C)cc1. The predicted octanol–water partition coefficient (Wildman–Crippen LogP) is 2.10. The van der Waals surface area contributed by atoms with E-state index in [1.165, 1.54) is 11.4 Å². The standard InChI is InChI=1S/C22H29ClN4O4S/c1-15-22(16(2)26-25-15)32(29,30)27(19-8-10-20(31-3)11-9-19)14-21(28)24-13-12-17-4-6-18(23)7-5-17/h4-11,15-16,22,25-26H,12-14H2,1-3H3,(H,24,28). The highest BCUT2D eigenvalue weighted by molar-refractivity contribution is 7.93. The van der Waals surface area contributed by atoms with Crippen LogP contribution in [0.4, 0.5) is 5.69 Å². The number of nitrogens with zero attached hydrogens (tertiary/aromatic N) is 1. The number of anilines is 1. The number of benzene rings is 2. The molecule has 0 aromatic heterocycles. The maximum Gasteiger partial charge on any atom is 0.241 e. The van der Waals surface area contributed by atoms with Crippen LogP contribution in [0.5, 0.6) is 5.75 Å². The first-order chi connectivity index (χ1) is 15.2. The van der Waals surface area contributed by atoms with Crippen molar-refractivity contribution in [2.45, 2.75) is 37.6 Å². The number of amides is 1. The molecule has 2 unspecified atom stereocenters. The quantitative estimate of drug-likeness (QED) is 0.508. The molecule has 1 amide bonds. The molecule has 10 heteroatoms. The molecule has 32 heavy (non-hydrogen) atoms. The van der Waals surface area contributed by atoms with Crippen LogP contribution in [0.2, 0.25) is 5.02 Å². The van der Waals surface area contributed by atoms with Crippen molar-refractivity contribution < 1.29 is 17.9 Å². The van der Waals surface area contributed by atoms with E-state index in [9.17, 15) is 13.2 Å². The first-order valence-corrected chi connectivity index (χ1v) is 12.3. The molecule has 2 aromatic carbocycles. The second-order valence-corrected chi connectivity index (χ2v) is 10.3. The van der Waals surface area contributed by atoms with E-state index >= 15 is 0 Å². The fraction of sp³-hybridized carbons (Fsp3) is 0.409. The van der Waals surface area contributed by atoms with Gasteiger partial charge in [-0.2, -0.15) is 0 Å². The van der Waals surface area contributed by atoms with Gasteiger partial charge >= 0.3 is 0 Å². The summed E-state index contributed by atoms with van der Waals surface area (Å²) in [6.07, 6.45) is 0.614. The molecule has 0 bridgehead atoms. The largest absolute Gasteiger partial charge is 0.497 e. The molecule has 0 spiro atoms. The van der Waals surface area contributed by atoms with Gasteiger partial charge in [0.1, 0.15) is 17.5 Å². The summed E-state index contributed by atoms with van der Waals surface area (Å²) in [5.74, 6) is 0.224. The smallest absolute Gasteiger partial charge is 0.241 e. The Hall–Kier alpha value is -2.33. The van der Waals surface area contributed by atoms with Crippen molar-refractivity contribution in [3.63, 3.8) is 0 Å². The number of hydrogen-bond acceptors (Lipinski definition) is 6. The van der Waals surface area contributed by atoms with Crippen LogP contribution >= 0.6 is 11.6 Å². The molecule has 2 aromatic rings. The molecular formula is C22H29ClN4O4S. The summed E-state index contributed by atoms with van der Waals surface area (Å²) in [4.78, 5) is 12.7. The molecule has 174 valence electrons. The van der Waals surface area contributed by atoms with Crippen molar-refractivity contribution in [3.05, 3.63) is 59.1 Å². The molecule has 0 aliphatic carbocycles. The maximum atomic E-state index is 13.6. The van der Waals surface area contributed by atoms with Crippen molar-refractivity contribution in [1.29, 1.82) is 0 Å². The third-order valence-electron chi connectivity index (χ3n) is 5.47. The minimum atomic E-state index is -3.86. The van der Waals surface area contributed by atoms with E-state index in [1.54, 1.807) is 50.2 Å². The Balaban J connectivity index is 1.75. The van der Waals surface area contributed by atoms with Gasteiger partial charge < -0.3 is 10.1 Å². The van der Waals surface area contributed by atoms with E-state index in [1.807, 2.05) is 12.1 Å². The average molecular weight is 481 g/mol. The first-order valence-electron chi connectivity index (χ1n) is 10.4. The third-order valence-corrected chi connectivity index (χ3v) is 8.18. The topological polar surface area (TPSA) is 99.8 Å². The summed E-state index contributed by atoms with van der Waals surface area (Å²) >= 11 is 5.90. The van der Waals surface area contributed by atoms with Crippen LogP contribution in [0.3, 0.4) is 0 Å². The number of rotatable bonds is 9. The van der Waals surface area contributed by atoms with Gasteiger partial charge in [-0.3, -0.25) is 20.0 Å². The minimum Gasteiger partial charge on any atom is -0.497 e. The Bertz CT molecular complexity index is 1010. The number of carbonyl (C=O) groups excluding carboxylic acids is 1. The predicted molar refractivity (Wildman–Crippen MR) is 126 cm³/mol. The van der Waals surface area contributed by atoms with E-state index in [-0.39, 0.29) is 24.5 Å². The van der Waals surface area contributed by atoms with Gasteiger partial charge in [0.2, 0.25) is 15.9 Å². The van der Waals surface area contributed by atoms with E-state index < -0.39 is 15.3 Å². The summed E-state index contributed by atoms with van der Waals surface area (Å²) in [5, 5.41) is 2.74. The molecule has 1 aliphatic rings. The van der Waals surface area contributed by atoms with Gasteiger partial charge in [0, 0.05) is 23.7 Å². The van der Waals surface area contributed by atoms with Crippen molar-refractivity contribution >= 4 is 33.2 Å². The first kappa shape index (κ1) is 24.3. The van der Waals surface area contributed by atoms with Gasteiger partial charge in [-0.05, 0) is 62.2 Å². The normalized spacial score (nSPS) is 20.7. The Morgan fingerprint density at radius 1 is 1.06 bits per heavy atom. The molecule has 0 saturated carbocycles. The minimum absolute atomic E-state index is 0.314. The van der Waals surface area contributed by atoms with E-state index in [2.05, 4.69) is 16.2 Å². The Morgan fingerprint density at radius 3 is 2.22 bits per heavy atom. The zero-order valence-corrected chi connectivity index (χ0v) is 19.9. The number of nitrogens with one attached hydrogen (secondary N) is 3. The lowest BCUT2D eigenvalue weighted by molar-refractivity contribution is -0.119. The summed E-state index contributed by atoms with van der Waals surface area (Å²) in [6.45, 7) is 3.68. The molecule has 0 radical (unpaired) electrons. The number of methoxy groups -OCH3 is 1. The Kier molecular flexibility index (Phi) is 8.00. The van der Waals surface area contributed by atoms with Crippen molar-refractivity contribution in [2.75, 3.05) is 24.5 Å². The molecular weight excluding hydrogens is 452 g/mol. The van der Waals surface area contributed by atoms with Crippen LogP contribution in [-0.2, 0) is 21.2 Å². The number of sulfonamides is 1. The summed E-state index contributed by atoms with van der Waals surface area (Å²) in [5.41, 5.74) is 7.38. The Morgan fingerprint density at radius 2 is 1.66 bits per heavy atom. The lowest BCUT2D eigenvalue weighted by atomic mass is 10.1. The zero-order chi connectivity index (χ0) is 23.3. The average Bonchev–Trinajstić information content (AvgIpc) is 3.12. The van der Waals surface area contributed by atoms with Crippen molar-refractivity contribution in [2.24, 2.45) is 0 Å². The molecule has 2 atom stereocenters. The summed E-state index contributed by atoms with van der Waals surface area (Å²) in [7, 11) is -2.32. The van der Waals surface area contributed by atoms with Crippen LogP contribution in [0.15, 0.2) is 48.5 Å². The van der Waals surface area contributed by atoms with Gasteiger partial charge in [0.15, 0.2) is 0 Å². The highest BCUT2D eigenvalue weighted by Gasteiger charge is 2.44. The van der Waals surface area contributed by atoms with E-state index in [4.69, 9.17) is 16.3 Å². The molecule has 1 heterocycles. The highest BCUT2D eigenvalue weighted by Crippen LogP contribution is 2.27. The molecule has 8 nitrogen and oxygen atoms in total. The lowest BCUT2D eigenvalue weighted by Crippen LogP contribution is -2.50. The number of ether oxygens (including phenoxy) is 1. The molecule has 1 fully saturated rings. The van der Waals surface area contributed by atoms with Crippen molar-refractivity contribution in [1.82, 2.24) is 16.2 Å². The third kappa shape index (κ3) is 5.72. The molecule has 3 rings (SSSR count). The second kappa shape index (κ2) is 10.5. The van der Waals surface area contributed by atoms with Gasteiger partial charge in [0.05, 0.1) is 12.8 Å². The van der Waals surface area contributed by atoms with Crippen LogP contribution < -0.4 is 25.2 Å². The summed E-state index contributed by atoms with van der Waals surface area (Å²) < 4.78 is 33.5. The zero-order valence-electron chi connectivity index (χ0n) is 18.3. The number of hydrazine groups is 1. The highest BCUT2D eigenvalue weighted by atomic mass is 35.5. The fourth-order valence-electron chi connectivity index (χ4n) is 3.78. The fourth-order valence-corrected chi connectivity index (χ4v) is 6.08. The van der Waals surface area contributed by atoms with Gasteiger partial charge in [-0.25, -0.2) is 8.42 Å². The van der Waals surface area contributed by atoms with Crippen LogP contribution in [0, 0.1) is 0 Å². The number of hydrogen-bond donors (Lipinski definition) is 3.